The molecular formula is C22H21NO3. The largest absolute Gasteiger partial charge is 0.481 e. The van der Waals surface area contributed by atoms with Crippen molar-refractivity contribution < 1.29 is 14.3 Å². The third-order valence-corrected chi connectivity index (χ3v) is 3.91. The number of para-hydroxylation sites is 1. The zero-order valence-corrected chi connectivity index (χ0v) is 14.5. The molecule has 2 aromatic carbocycles. The quantitative estimate of drug-likeness (QED) is 0.450. The Morgan fingerprint density at radius 3 is 2.54 bits per heavy atom. The summed E-state index contributed by atoms with van der Waals surface area (Å²) in [6.07, 6.45) is 5.16. The van der Waals surface area contributed by atoms with Crippen molar-refractivity contribution in [1.29, 1.82) is 0 Å². The monoisotopic (exact) mass is 347 g/mol. The number of nitrogens with zero attached hydrogens (tertiary/aromatic N) is 1. The highest BCUT2D eigenvalue weighted by molar-refractivity contribution is 5.73. The topological polar surface area (TPSA) is 48.4 Å². The van der Waals surface area contributed by atoms with E-state index in [1.54, 1.807) is 6.20 Å². The SMILES string of the molecule is O=C(COc1ccccc1-c1ccccc1)OCCCc1cccnc1. The molecule has 0 aliphatic heterocycles. The maximum Gasteiger partial charge on any atom is 0.344 e. The van der Waals surface area contributed by atoms with Gasteiger partial charge in [-0.3, -0.25) is 4.98 Å². The predicted octanol–water partition coefficient (Wildman–Crippen LogP) is 4.30. The molecule has 0 aliphatic carbocycles. The van der Waals surface area contributed by atoms with E-state index in [0.29, 0.717) is 12.4 Å². The van der Waals surface area contributed by atoms with Crippen LogP contribution in [0.2, 0.25) is 0 Å². The van der Waals surface area contributed by atoms with Gasteiger partial charge in [-0.15, -0.1) is 0 Å². The third-order valence-electron chi connectivity index (χ3n) is 3.91. The summed E-state index contributed by atoms with van der Waals surface area (Å²) < 4.78 is 10.9. The lowest BCUT2D eigenvalue weighted by molar-refractivity contribution is -0.146. The summed E-state index contributed by atoms with van der Waals surface area (Å²) in [6.45, 7) is 0.272. The number of aryl methyl sites for hydroxylation is 1. The van der Waals surface area contributed by atoms with Gasteiger partial charge in [-0.1, -0.05) is 54.6 Å². The van der Waals surface area contributed by atoms with Crippen LogP contribution in [0.1, 0.15) is 12.0 Å². The van der Waals surface area contributed by atoms with Crippen molar-refractivity contribution in [3.8, 4) is 16.9 Å². The van der Waals surface area contributed by atoms with Gasteiger partial charge in [0.05, 0.1) is 6.61 Å². The molecule has 3 rings (SSSR count). The molecule has 0 fully saturated rings. The Hall–Kier alpha value is -3.14. The molecule has 0 spiro atoms. The average molecular weight is 347 g/mol. The Morgan fingerprint density at radius 1 is 0.923 bits per heavy atom. The van der Waals surface area contributed by atoms with Crippen LogP contribution in [0.5, 0.6) is 5.75 Å². The molecule has 0 amide bonds. The maximum absolute atomic E-state index is 11.9. The van der Waals surface area contributed by atoms with E-state index in [2.05, 4.69) is 4.98 Å². The van der Waals surface area contributed by atoms with Crippen molar-refractivity contribution in [2.24, 2.45) is 0 Å². The Balaban J connectivity index is 1.46. The Labute approximate surface area is 153 Å². The van der Waals surface area contributed by atoms with Crippen LogP contribution in [-0.2, 0) is 16.0 Å². The summed E-state index contributed by atoms with van der Waals surface area (Å²) in [5.74, 6) is 0.310. The number of hydrogen-bond donors (Lipinski definition) is 0. The van der Waals surface area contributed by atoms with Crippen molar-refractivity contribution in [2.45, 2.75) is 12.8 Å². The minimum absolute atomic E-state index is 0.100. The van der Waals surface area contributed by atoms with Gasteiger partial charge in [0.1, 0.15) is 5.75 Å². The molecule has 1 heterocycles. The van der Waals surface area contributed by atoms with Crippen molar-refractivity contribution in [3.05, 3.63) is 84.7 Å². The number of carbonyl (C=O) groups excluding carboxylic acids is 1. The molecular weight excluding hydrogens is 326 g/mol. The van der Waals surface area contributed by atoms with Gasteiger partial charge in [0, 0.05) is 18.0 Å². The average Bonchev–Trinajstić information content (AvgIpc) is 2.71. The van der Waals surface area contributed by atoms with E-state index < -0.39 is 0 Å². The van der Waals surface area contributed by atoms with Crippen LogP contribution < -0.4 is 4.74 Å². The van der Waals surface area contributed by atoms with Gasteiger partial charge < -0.3 is 9.47 Å². The molecule has 0 N–H and O–H groups in total. The van der Waals surface area contributed by atoms with E-state index in [4.69, 9.17) is 9.47 Å². The van der Waals surface area contributed by atoms with Gasteiger partial charge in [0.15, 0.2) is 6.61 Å². The van der Waals surface area contributed by atoms with Gasteiger partial charge in [-0.05, 0) is 36.1 Å². The molecule has 0 aliphatic rings. The summed E-state index contributed by atoms with van der Waals surface area (Å²) in [7, 11) is 0. The predicted molar refractivity (Wildman–Crippen MR) is 101 cm³/mol. The van der Waals surface area contributed by atoms with E-state index >= 15 is 0 Å². The third kappa shape index (κ3) is 5.18. The van der Waals surface area contributed by atoms with Crippen LogP contribution in [0.25, 0.3) is 11.1 Å². The fraction of sp³-hybridized carbons (Fsp3) is 0.182. The zero-order valence-electron chi connectivity index (χ0n) is 14.5. The molecule has 132 valence electrons. The fourth-order valence-corrected chi connectivity index (χ4v) is 2.64. The summed E-state index contributed by atoms with van der Waals surface area (Å²) in [6, 6.07) is 21.5. The second-order valence-electron chi connectivity index (χ2n) is 5.84. The molecule has 1 aromatic heterocycles. The summed E-state index contributed by atoms with van der Waals surface area (Å²) in [5, 5.41) is 0. The molecule has 0 unspecified atom stereocenters. The van der Waals surface area contributed by atoms with Crippen molar-refractivity contribution >= 4 is 5.97 Å². The van der Waals surface area contributed by atoms with Crippen LogP contribution >= 0.6 is 0 Å². The van der Waals surface area contributed by atoms with Crippen LogP contribution in [0.4, 0.5) is 0 Å². The number of carbonyl (C=O) groups is 1. The van der Waals surface area contributed by atoms with Crippen molar-refractivity contribution in [1.82, 2.24) is 4.98 Å². The van der Waals surface area contributed by atoms with E-state index in [0.717, 1.165) is 29.5 Å². The number of rotatable bonds is 8. The fourth-order valence-electron chi connectivity index (χ4n) is 2.64. The number of esters is 1. The normalized spacial score (nSPS) is 10.3. The summed E-state index contributed by atoms with van der Waals surface area (Å²) in [5.41, 5.74) is 3.14. The first-order chi connectivity index (χ1) is 12.8. The number of aromatic nitrogens is 1. The van der Waals surface area contributed by atoms with E-state index in [9.17, 15) is 4.79 Å². The van der Waals surface area contributed by atoms with Gasteiger partial charge >= 0.3 is 5.97 Å². The first-order valence-electron chi connectivity index (χ1n) is 8.65. The Morgan fingerprint density at radius 2 is 1.73 bits per heavy atom. The standard InChI is InChI=1S/C22H21NO3/c24-22(25-15-7-9-18-8-6-14-23-16-18)17-26-21-13-5-4-12-20(21)19-10-2-1-3-11-19/h1-6,8,10-14,16H,7,9,15,17H2. The first-order valence-corrected chi connectivity index (χ1v) is 8.65. The van der Waals surface area contributed by atoms with Crippen LogP contribution in [0.15, 0.2) is 79.1 Å². The maximum atomic E-state index is 11.9. The molecule has 26 heavy (non-hydrogen) atoms. The highest BCUT2D eigenvalue weighted by Crippen LogP contribution is 2.29. The van der Waals surface area contributed by atoms with Crippen LogP contribution in [0.3, 0.4) is 0 Å². The van der Waals surface area contributed by atoms with Crippen LogP contribution in [0, 0.1) is 0 Å². The highest BCUT2D eigenvalue weighted by Gasteiger charge is 2.09. The van der Waals surface area contributed by atoms with Crippen molar-refractivity contribution in [3.63, 3.8) is 0 Å². The van der Waals surface area contributed by atoms with Gasteiger partial charge in [0.25, 0.3) is 0 Å². The minimum atomic E-state index is -0.362. The van der Waals surface area contributed by atoms with E-state index in [1.165, 1.54) is 0 Å². The van der Waals surface area contributed by atoms with Crippen molar-refractivity contribution in [2.75, 3.05) is 13.2 Å². The lowest BCUT2D eigenvalue weighted by Crippen LogP contribution is -2.16. The summed E-state index contributed by atoms with van der Waals surface area (Å²) >= 11 is 0. The molecule has 0 radical (unpaired) electrons. The van der Waals surface area contributed by atoms with Gasteiger partial charge in [-0.25, -0.2) is 4.79 Å². The Kier molecular flexibility index (Phi) is 6.37. The molecule has 4 nitrogen and oxygen atoms in total. The second-order valence-corrected chi connectivity index (χ2v) is 5.84. The smallest absolute Gasteiger partial charge is 0.344 e. The van der Waals surface area contributed by atoms with Crippen LogP contribution in [-0.4, -0.2) is 24.2 Å². The molecule has 3 aromatic rings. The molecule has 0 saturated heterocycles. The highest BCUT2D eigenvalue weighted by atomic mass is 16.6. The molecule has 0 bridgehead atoms. The number of pyridine rings is 1. The number of benzene rings is 2. The molecule has 4 heteroatoms. The lowest BCUT2D eigenvalue weighted by atomic mass is 10.1. The van der Waals surface area contributed by atoms with Gasteiger partial charge in [0.2, 0.25) is 0 Å². The number of hydrogen-bond acceptors (Lipinski definition) is 4. The van der Waals surface area contributed by atoms with Gasteiger partial charge in [-0.2, -0.15) is 0 Å². The summed E-state index contributed by atoms with van der Waals surface area (Å²) in [4.78, 5) is 16.0. The molecule has 0 atom stereocenters. The number of ether oxygens (including phenoxy) is 2. The second kappa shape index (κ2) is 9.37. The minimum Gasteiger partial charge on any atom is -0.481 e. The van der Waals surface area contributed by atoms with E-state index in [-0.39, 0.29) is 12.6 Å². The van der Waals surface area contributed by atoms with E-state index in [1.807, 2.05) is 72.9 Å². The Bertz CT molecular complexity index is 819. The first kappa shape index (κ1) is 17.7. The lowest BCUT2D eigenvalue weighted by Gasteiger charge is -2.11. The molecule has 0 saturated carbocycles. The zero-order chi connectivity index (χ0) is 18.0.